The number of ketones is 1. The van der Waals surface area contributed by atoms with Gasteiger partial charge in [-0.2, -0.15) is 0 Å². The molecule has 0 aliphatic heterocycles. The first kappa shape index (κ1) is 17.3. The highest BCUT2D eigenvalue weighted by molar-refractivity contribution is 6.28. The number of halogens is 1. The predicted molar refractivity (Wildman–Crippen MR) is 97.0 cm³/mol. The Labute approximate surface area is 151 Å². The Morgan fingerprint density at radius 2 is 1.71 bits per heavy atom. The molecule has 4 aliphatic carbocycles. The summed E-state index contributed by atoms with van der Waals surface area (Å²) in [5.41, 5.74) is 0.628. The Balaban J connectivity index is 1.60. The molecule has 2 nitrogen and oxygen atoms in total. The maximum absolute atomic E-state index is 12.4. The van der Waals surface area contributed by atoms with Gasteiger partial charge in [-0.25, -0.2) is 0 Å². The molecular formula is C21H33ClO2. The molecule has 4 rings (SSSR count). The first-order chi connectivity index (χ1) is 11.4. The van der Waals surface area contributed by atoms with Crippen LogP contribution in [0.1, 0.15) is 71.6 Å². The van der Waals surface area contributed by atoms with Crippen LogP contribution in [0.4, 0.5) is 0 Å². The summed E-state index contributed by atoms with van der Waals surface area (Å²) in [6, 6.07) is 0. The monoisotopic (exact) mass is 352 g/mol. The summed E-state index contributed by atoms with van der Waals surface area (Å²) in [6.45, 7) is 4.93. The van der Waals surface area contributed by atoms with E-state index in [0.29, 0.717) is 17.1 Å². The van der Waals surface area contributed by atoms with Gasteiger partial charge < -0.3 is 5.11 Å². The average molecular weight is 353 g/mol. The summed E-state index contributed by atoms with van der Waals surface area (Å²) in [5, 5.41) is 10.1. The number of alkyl halides is 1. The molecule has 0 radical (unpaired) electrons. The van der Waals surface area contributed by atoms with Gasteiger partial charge in [-0.3, -0.25) is 4.79 Å². The van der Waals surface area contributed by atoms with Crippen LogP contribution >= 0.6 is 11.6 Å². The molecule has 0 aromatic carbocycles. The number of hydrogen-bond donors (Lipinski definition) is 1. The number of Topliss-reactive ketones (excluding diaryl/α,β-unsaturated/α-hetero) is 1. The number of rotatable bonds is 2. The molecule has 0 bridgehead atoms. The van der Waals surface area contributed by atoms with Gasteiger partial charge in [0, 0.05) is 5.92 Å². The number of aliphatic hydroxyl groups is 1. The van der Waals surface area contributed by atoms with Gasteiger partial charge in [-0.1, -0.05) is 13.8 Å². The van der Waals surface area contributed by atoms with Crippen molar-refractivity contribution in [2.45, 2.75) is 77.7 Å². The van der Waals surface area contributed by atoms with E-state index in [-0.39, 0.29) is 23.3 Å². The maximum Gasteiger partial charge on any atom is 0.151 e. The molecule has 0 unspecified atom stereocenters. The van der Waals surface area contributed by atoms with Gasteiger partial charge in [0.05, 0.1) is 12.0 Å². The van der Waals surface area contributed by atoms with Gasteiger partial charge in [0.15, 0.2) is 5.78 Å². The maximum atomic E-state index is 12.4. The Kier molecular flexibility index (Phi) is 4.32. The molecule has 1 N–H and O–H groups in total. The third kappa shape index (κ3) is 2.35. The minimum absolute atomic E-state index is 0.0642. The first-order valence-corrected chi connectivity index (χ1v) is 10.7. The van der Waals surface area contributed by atoms with Gasteiger partial charge in [-0.05, 0) is 92.3 Å². The SMILES string of the molecule is C[C@]12CC[C@@H](O)C[C@@H]1CC[C@@H]1[C@@H]2CC[C@]2(C)[C@@H](C(=O)CCl)CC[C@@H]12. The van der Waals surface area contributed by atoms with Crippen molar-refractivity contribution in [3.05, 3.63) is 0 Å². The lowest BCUT2D eigenvalue weighted by molar-refractivity contribution is -0.138. The van der Waals surface area contributed by atoms with Gasteiger partial charge in [-0.15, -0.1) is 11.6 Å². The van der Waals surface area contributed by atoms with Crippen LogP contribution in [0.15, 0.2) is 0 Å². The number of carbonyl (C=O) groups excluding carboxylic acids is 1. The van der Waals surface area contributed by atoms with Crippen LogP contribution in [-0.4, -0.2) is 22.9 Å². The second-order valence-electron chi connectivity index (χ2n) is 9.86. The van der Waals surface area contributed by atoms with E-state index in [2.05, 4.69) is 13.8 Å². The molecule has 3 heteroatoms. The van der Waals surface area contributed by atoms with Gasteiger partial charge in [0.25, 0.3) is 0 Å². The van der Waals surface area contributed by atoms with Crippen molar-refractivity contribution < 1.29 is 9.90 Å². The van der Waals surface area contributed by atoms with E-state index in [0.717, 1.165) is 37.0 Å². The van der Waals surface area contributed by atoms with E-state index < -0.39 is 0 Å². The van der Waals surface area contributed by atoms with Crippen molar-refractivity contribution in [1.82, 2.24) is 0 Å². The van der Waals surface area contributed by atoms with E-state index in [4.69, 9.17) is 11.6 Å². The Morgan fingerprint density at radius 3 is 2.46 bits per heavy atom. The van der Waals surface area contributed by atoms with Crippen LogP contribution in [0.2, 0.25) is 0 Å². The quantitative estimate of drug-likeness (QED) is 0.724. The summed E-state index contributed by atoms with van der Waals surface area (Å²) in [5.74, 6) is 3.74. The van der Waals surface area contributed by atoms with Crippen LogP contribution < -0.4 is 0 Å². The fraction of sp³-hybridized carbons (Fsp3) is 0.952. The van der Waals surface area contributed by atoms with Crippen molar-refractivity contribution in [1.29, 1.82) is 0 Å². The van der Waals surface area contributed by atoms with Crippen LogP contribution in [-0.2, 0) is 4.79 Å². The lowest BCUT2D eigenvalue weighted by Gasteiger charge is -2.60. The Hall–Kier alpha value is -0.0800. The predicted octanol–water partition coefficient (Wildman–Crippen LogP) is 4.81. The highest BCUT2D eigenvalue weighted by Crippen LogP contribution is 2.67. The normalized spacial score (nSPS) is 53.8. The van der Waals surface area contributed by atoms with E-state index in [1.807, 2.05) is 0 Å². The zero-order valence-electron chi connectivity index (χ0n) is 15.3. The van der Waals surface area contributed by atoms with Crippen molar-refractivity contribution in [3.8, 4) is 0 Å². The van der Waals surface area contributed by atoms with Crippen molar-refractivity contribution in [2.75, 3.05) is 5.88 Å². The average Bonchev–Trinajstić information content (AvgIpc) is 2.92. The fourth-order valence-electron chi connectivity index (χ4n) is 7.86. The molecule has 0 aromatic rings. The molecule has 0 saturated heterocycles. The summed E-state index contributed by atoms with van der Waals surface area (Å²) in [6.07, 6.45) is 10.5. The highest BCUT2D eigenvalue weighted by Gasteiger charge is 2.60. The molecule has 4 saturated carbocycles. The van der Waals surface area contributed by atoms with Crippen LogP contribution in [0.5, 0.6) is 0 Å². The lowest BCUT2D eigenvalue weighted by Crippen LogP contribution is -2.54. The fourth-order valence-corrected chi connectivity index (χ4v) is 8.04. The van der Waals surface area contributed by atoms with E-state index in [9.17, 15) is 9.90 Å². The summed E-state index contributed by atoms with van der Waals surface area (Å²) in [4.78, 5) is 12.4. The molecule has 8 atom stereocenters. The van der Waals surface area contributed by atoms with E-state index in [1.165, 1.54) is 38.5 Å². The molecule has 0 aromatic heterocycles. The van der Waals surface area contributed by atoms with Crippen LogP contribution in [0.25, 0.3) is 0 Å². The van der Waals surface area contributed by atoms with E-state index in [1.54, 1.807) is 0 Å². The highest BCUT2D eigenvalue weighted by atomic mass is 35.5. The van der Waals surface area contributed by atoms with Crippen molar-refractivity contribution in [3.63, 3.8) is 0 Å². The molecular weight excluding hydrogens is 320 g/mol. The van der Waals surface area contributed by atoms with Crippen LogP contribution in [0.3, 0.4) is 0 Å². The Bertz CT molecular complexity index is 520. The summed E-state index contributed by atoms with van der Waals surface area (Å²) < 4.78 is 0. The minimum atomic E-state index is -0.0642. The van der Waals surface area contributed by atoms with Crippen molar-refractivity contribution in [2.24, 2.45) is 40.4 Å². The topological polar surface area (TPSA) is 37.3 Å². The smallest absolute Gasteiger partial charge is 0.151 e. The second-order valence-corrected chi connectivity index (χ2v) is 10.1. The van der Waals surface area contributed by atoms with Gasteiger partial charge in [0.2, 0.25) is 0 Å². The van der Waals surface area contributed by atoms with Gasteiger partial charge >= 0.3 is 0 Å². The zero-order chi connectivity index (χ0) is 17.1. The Morgan fingerprint density at radius 1 is 1.00 bits per heavy atom. The molecule has 4 aliphatic rings. The molecule has 0 amide bonds. The second kappa shape index (κ2) is 5.98. The third-order valence-corrected chi connectivity index (χ3v) is 9.42. The van der Waals surface area contributed by atoms with Crippen molar-refractivity contribution >= 4 is 17.4 Å². The van der Waals surface area contributed by atoms with Gasteiger partial charge in [0.1, 0.15) is 0 Å². The molecule has 0 heterocycles. The number of fused-ring (bicyclic) bond motifs is 5. The summed E-state index contributed by atoms with van der Waals surface area (Å²) >= 11 is 5.92. The standard InChI is InChI=1S/C21H33ClO2/c1-20-9-7-14(23)11-13(20)3-4-15-16-5-6-18(19(24)12-22)21(16,2)10-8-17(15)20/h13-18,23H,3-12H2,1-2H3/t13-,14+,15-,16-,17-,18+,20-,21-/m0/s1. The molecule has 4 fully saturated rings. The third-order valence-electron chi connectivity index (χ3n) is 9.16. The van der Waals surface area contributed by atoms with E-state index >= 15 is 0 Å². The zero-order valence-corrected chi connectivity index (χ0v) is 16.0. The number of hydrogen-bond acceptors (Lipinski definition) is 2. The van der Waals surface area contributed by atoms with Crippen LogP contribution in [0, 0.1) is 40.4 Å². The number of carbonyl (C=O) groups is 1. The minimum Gasteiger partial charge on any atom is -0.393 e. The first-order valence-electron chi connectivity index (χ1n) is 10.2. The lowest BCUT2D eigenvalue weighted by atomic mass is 9.44. The largest absolute Gasteiger partial charge is 0.393 e. The molecule has 24 heavy (non-hydrogen) atoms. The summed E-state index contributed by atoms with van der Waals surface area (Å²) in [7, 11) is 0. The number of aliphatic hydroxyl groups excluding tert-OH is 1. The molecule has 0 spiro atoms. The molecule has 136 valence electrons.